The SMILES string of the molecule is Cc1ccc(Oc2ccc(NC(=O)CC3CCNCC3)cc2)cc1.Cl. The minimum Gasteiger partial charge on any atom is -0.457 e. The number of hydrogen-bond acceptors (Lipinski definition) is 3. The monoisotopic (exact) mass is 360 g/mol. The summed E-state index contributed by atoms with van der Waals surface area (Å²) >= 11 is 0. The number of aryl methyl sites for hydroxylation is 1. The molecule has 1 fully saturated rings. The fourth-order valence-corrected chi connectivity index (χ4v) is 2.91. The van der Waals surface area contributed by atoms with E-state index >= 15 is 0 Å². The standard InChI is InChI=1S/C20H24N2O2.ClH/c1-15-2-6-18(7-3-15)24-19-8-4-17(5-9-19)22-20(23)14-16-10-12-21-13-11-16;/h2-9,16,21H,10-14H2,1H3,(H,22,23);1H. The minimum absolute atomic E-state index is 0. The fourth-order valence-electron chi connectivity index (χ4n) is 2.91. The number of halogens is 1. The van der Waals surface area contributed by atoms with E-state index in [4.69, 9.17) is 4.74 Å². The molecule has 1 aliphatic rings. The molecule has 0 aromatic heterocycles. The van der Waals surface area contributed by atoms with Crippen LogP contribution >= 0.6 is 12.4 Å². The molecule has 3 rings (SSSR count). The lowest BCUT2D eigenvalue weighted by atomic mass is 9.94. The molecule has 5 heteroatoms. The van der Waals surface area contributed by atoms with Crippen LogP contribution in [0.3, 0.4) is 0 Å². The molecule has 25 heavy (non-hydrogen) atoms. The zero-order valence-corrected chi connectivity index (χ0v) is 15.3. The lowest BCUT2D eigenvalue weighted by Gasteiger charge is -2.21. The number of benzene rings is 2. The maximum absolute atomic E-state index is 12.1. The second kappa shape index (κ2) is 9.44. The number of carbonyl (C=O) groups is 1. The third kappa shape index (κ3) is 6.07. The van der Waals surface area contributed by atoms with Gasteiger partial charge in [-0.1, -0.05) is 17.7 Å². The van der Waals surface area contributed by atoms with E-state index in [9.17, 15) is 4.79 Å². The van der Waals surface area contributed by atoms with Gasteiger partial charge in [0.05, 0.1) is 0 Å². The fraction of sp³-hybridized carbons (Fsp3) is 0.350. The first-order valence-electron chi connectivity index (χ1n) is 8.54. The zero-order valence-electron chi connectivity index (χ0n) is 14.5. The molecule has 0 atom stereocenters. The smallest absolute Gasteiger partial charge is 0.224 e. The molecule has 0 saturated carbocycles. The van der Waals surface area contributed by atoms with Crippen LogP contribution in [0.25, 0.3) is 0 Å². The predicted octanol–water partition coefficient (Wildman–Crippen LogP) is 4.54. The highest BCUT2D eigenvalue weighted by Gasteiger charge is 2.16. The van der Waals surface area contributed by atoms with E-state index < -0.39 is 0 Å². The summed E-state index contributed by atoms with van der Waals surface area (Å²) in [5.41, 5.74) is 2.01. The highest BCUT2D eigenvalue weighted by Crippen LogP contribution is 2.24. The number of amides is 1. The lowest BCUT2D eigenvalue weighted by molar-refractivity contribution is -0.117. The van der Waals surface area contributed by atoms with Gasteiger partial charge < -0.3 is 15.4 Å². The summed E-state index contributed by atoms with van der Waals surface area (Å²) in [5.74, 6) is 2.16. The molecular weight excluding hydrogens is 336 g/mol. The van der Waals surface area contributed by atoms with Gasteiger partial charge >= 0.3 is 0 Å². The van der Waals surface area contributed by atoms with Crippen molar-refractivity contribution in [2.75, 3.05) is 18.4 Å². The Kier molecular flexibility index (Phi) is 7.29. The number of ether oxygens (including phenoxy) is 1. The molecule has 1 saturated heterocycles. The quantitative estimate of drug-likeness (QED) is 0.823. The first-order valence-corrected chi connectivity index (χ1v) is 8.54. The van der Waals surface area contributed by atoms with E-state index in [1.807, 2.05) is 55.5 Å². The van der Waals surface area contributed by atoms with Gasteiger partial charge in [0.1, 0.15) is 11.5 Å². The van der Waals surface area contributed by atoms with Crippen molar-refractivity contribution in [3.05, 3.63) is 54.1 Å². The van der Waals surface area contributed by atoms with E-state index in [2.05, 4.69) is 10.6 Å². The van der Waals surface area contributed by atoms with Crippen LogP contribution in [-0.2, 0) is 4.79 Å². The summed E-state index contributed by atoms with van der Waals surface area (Å²) in [5, 5.41) is 6.29. The normalized spacial score (nSPS) is 14.4. The second-order valence-electron chi connectivity index (χ2n) is 6.39. The topological polar surface area (TPSA) is 50.4 Å². The van der Waals surface area contributed by atoms with Crippen LogP contribution in [-0.4, -0.2) is 19.0 Å². The van der Waals surface area contributed by atoms with Gasteiger partial charge in [0.15, 0.2) is 0 Å². The molecule has 1 aliphatic heterocycles. The molecule has 4 nitrogen and oxygen atoms in total. The summed E-state index contributed by atoms with van der Waals surface area (Å²) in [6.45, 7) is 4.08. The van der Waals surface area contributed by atoms with E-state index in [1.165, 1.54) is 5.56 Å². The van der Waals surface area contributed by atoms with Crippen LogP contribution in [0.1, 0.15) is 24.8 Å². The Morgan fingerprint density at radius 3 is 2.20 bits per heavy atom. The molecule has 2 N–H and O–H groups in total. The van der Waals surface area contributed by atoms with Gasteiger partial charge in [0, 0.05) is 12.1 Å². The summed E-state index contributed by atoms with van der Waals surface area (Å²) < 4.78 is 5.80. The Labute approximate surface area is 155 Å². The van der Waals surface area contributed by atoms with Crippen molar-refractivity contribution >= 4 is 24.0 Å². The van der Waals surface area contributed by atoms with Crippen LogP contribution in [0.4, 0.5) is 5.69 Å². The molecule has 0 unspecified atom stereocenters. The molecule has 1 heterocycles. The first-order chi connectivity index (χ1) is 11.7. The zero-order chi connectivity index (χ0) is 16.8. The van der Waals surface area contributed by atoms with Crippen LogP contribution < -0.4 is 15.4 Å². The molecule has 2 aromatic rings. The van der Waals surface area contributed by atoms with Crippen molar-refractivity contribution in [3.8, 4) is 11.5 Å². The number of anilines is 1. The van der Waals surface area contributed by atoms with Gasteiger partial charge in [-0.25, -0.2) is 0 Å². The van der Waals surface area contributed by atoms with Crippen molar-refractivity contribution < 1.29 is 9.53 Å². The lowest BCUT2D eigenvalue weighted by Crippen LogP contribution is -2.30. The number of hydrogen-bond donors (Lipinski definition) is 2. The Morgan fingerprint density at radius 2 is 1.60 bits per heavy atom. The predicted molar refractivity (Wildman–Crippen MR) is 104 cm³/mol. The Bertz CT molecular complexity index is 665. The van der Waals surface area contributed by atoms with Crippen molar-refractivity contribution in [1.82, 2.24) is 5.32 Å². The van der Waals surface area contributed by atoms with Gasteiger partial charge in [-0.2, -0.15) is 0 Å². The molecule has 0 bridgehead atoms. The van der Waals surface area contributed by atoms with E-state index in [0.29, 0.717) is 12.3 Å². The van der Waals surface area contributed by atoms with Gasteiger partial charge in [0.2, 0.25) is 5.91 Å². The number of rotatable bonds is 5. The minimum atomic E-state index is 0. The van der Waals surface area contributed by atoms with Gasteiger partial charge in [-0.05, 0) is 75.2 Å². The van der Waals surface area contributed by atoms with Crippen LogP contribution in [0.15, 0.2) is 48.5 Å². The van der Waals surface area contributed by atoms with Crippen molar-refractivity contribution in [2.24, 2.45) is 5.92 Å². The number of piperidine rings is 1. The molecule has 0 spiro atoms. The molecule has 0 radical (unpaired) electrons. The maximum atomic E-state index is 12.1. The summed E-state index contributed by atoms with van der Waals surface area (Å²) in [6, 6.07) is 15.4. The first kappa shape index (κ1) is 19.3. The Hall–Kier alpha value is -2.04. The molecule has 134 valence electrons. The van der Waals surface area contributed by atoms with Gasteiger partial charge in [0.25, 0.3) is 0 Å². The molecule has 0 aliphatic carbocycles. The molecule has 1 amide bonds. The van der Waals surface area contributed by atoms with Crippen LogP contribution in [0.2, 0.25) is 0 Å². The van der Waals surface area contributed by atoms with Crippen LogP contribution in [0, 0.1) is 12.8 Å². The number of nitrogens with one attached hydrogen (secondary N) is 2. The molecule has 2 aromatic carbocycles. The van der Waals surface area contributed by atoms with Crippen molar-refractivity contribution in [3.63, 3.8) is 0 Å². The summed E-state index contributed by atoms with van der Waals surface area (Å²) in [7, 11) is 0. The highest BCUT2D eigenvalue weighted by atomic mass is 35.5. The van der Waals surface area contributed by atoms with Gasteiger partial charge in [-0.3, -0.25) is 4.79 Å². The van der Waals surface area contributed by atoms with Gasteiger partial charge in [-0.15, -0.1) is 12.4 Å². The highest BCUT2D eigenvalue weighted by molar-refractivity contribution is 5.90. The number of carbonyl (C=O) groups excluding carboxylic acids is 1. The Balaban J connectivity index is 0.00000225. The second-order valence-corrected chi connectivity index (χ2v) is 6.39. The van der Waals surface area contributed by atoms with E-state index in [-0.39, 0.29) is 18.3 Å². The largest absolute Gasteiger partial charge is 0.457 e. The average molecular weight is 361 g/mol. The van der Waals surface area contributed by atoms with Crippen molar-refractivity contribution in [2.45, 2.75) is 26.2 Å². The third-order valence-electron chi connectivity index (χ3n) is 4.33. The summed E-state index contributed by atoms with van der Waals surface area (Å²) in [6.07, 6.45) is 2.76. The third-order valence-corrected chi connectivity index (χ3v) is 4.33. The van der Waals surface area contributed by atoms with Crippen LogP contribution in [0.5, 0.6) is 11.5 Å². The Morgan fingerprint density at radius 1 is 1.04 bits per heavy atom. The van der Waals surface area contributed by atoms with Crippen molar-refractivity contribution in [1.29, 1.82) is 0 Å². The average Bonchev–Trinajstić information content (AvgIpc) is 2.59. The van der Waals surface area contributed by atoms with E-state index in [1.54, 1.807) is 0 Å². The summed E-state index contributed by atoms with van der Waals surface area (Å²) in [4.78, 5) is 12.1. The maximum Gasteiger partial charge on any atom is 0.224 e. The van der Waals surface area contributed by atoms with E-state index in [0.717, 1.165) is 43.1 Å². The molecular formula is C20H25ClN2O2.